The van der Waals surface area contributed by atoms with Crippen molar-refractivity contribution in [1.29, 1.82) is 0 Å². The number of hydrogen-bond acceptors (Lipinski definition) is 5. The van der Waals surface area contributed by atoms with E-state index in [-0.39, 0.29) is 0 Å². The number of ether oxygens (including phenoxy) is 2. The van der Waals surface area contributed by atoms with E-state index in [0.717, 1.165) is 16.1 Å². The number of methoxy groups -OCH3 is 1. The number of benzene rings is 2. The molecule has 0 unspecified atom stereocenters. The van der Waals surface area contributed by atoms with E-state index in [1.807, 2.05) is 19.9 Å². The molecule has 0 spiro atoms. The zero-order valence-electron chi connectivity index (χ0n) is 17.4. The lowest BCUT2D eigenvalue weighted by molar-refractivity contribution is -0.117. The van der Waals surface area contributed by atoms with E-state index in [9.17, 15) is 13.2 Å². The summed E-state index contributed by atoms with van der Waals surface area (Å²) in [5.74, 6) is 0.702. The lowest BCUT2D eigenvalue weighted by Gasteiger charge is -2.30. The van der Waals surface area contributed by atoms with E-state index < -0.39 is 22.0 Å². The summed E-state index contributed by atoms with van der Waals surface area (Å²) in [4.78, 5) is 13.1. The van der Waals surface area contributed by atoms with Crippen LogP contribution in [0.25, 0.3) is 0 Å². The molecular formula is C21H28N2O5S. The molecule has 1 N–H and O–H groups in total. The molecule has 0 aromatic heterocycles. The molecule has 158 valence electrons. The number of carbonyl (C=O) groups is 1. The van der Waals surface area contributed by atoms with Crippen molar-refractivity contribution in [3.8, 4) is 11.5 Å². The Morgan fingerprint density at radius 2 is 1.79 bits per heavy atom. The van der Waals surface area contributed by atoms with E-state index >= 15 is 0 Å². The van der Waals surface area contributed by atoms with Gasteiger partial charge in [-0.05, 0) is 62.2 Å². The summed E-state index contributed by atoms with van der Waals surface area (Å²) >= 11 is 0. The topological polar surface area (TPSA) is 84.9 Å². The molecule has 2 rings (SSSR count). The minimum atomic E-state index is -3.72. The quantitative estimate of drug-likeness (QED) is 0.670. The fourth-order valence-corrected chi connectivity index (χ4v) is 4.26. The summed E-state index contributed by atoms with van der Waals surface area (Å²) in [6.07, 6.45) is 1.38. The highest BCUT2D eigenvalue weighted by Gasteiger charge is 2.32. The molecule has 0 aliphatic carbocycles. The van der Waals surface area contributed by atoms with Crippen molar-refractivity contribution in [2.75, 3.05) is 29.6 Å². The Hall–Kier alpha value is -2.74. The number of aryl methyl sites for hydroxylation is 1. The van der Waals surface area contributed by atoms with Gasteiger partial charge in [-0.1, -0.05) is 13.0 Å². The lowest BCUT2D eigenvalue weighted by atomic mass is 10.1. The summed E-state index contributed by atoms with van der Waals surface area (Å²) in [5, 5.41) is 2.81. The van der Waals surface area contributed by atoms with Crippen molar-refractivity contribution in [2.24, 2.45) is 0 Å². The van der Waals surface area contributed by atoms with Gasteiger partial charge in [0.05, 0.1) is 31.3 Å². The maximum Gasteiger partial charge on any atom is 0.248 e. The third-order valence-corrected chi connectivity index (χ3v) is 5.52. The first-order chi connectivity index (χ1) is 13.7. The van der Waals surface area contributed by atoms with Crippen LogP contribution in [-0.4, -0.2) is 40.3 Å². The van der Waals surface area contributed by atoms with Gasteiger partial charge in [0, 0.05) is 0 Å². The summed E-state index contributed by atoms with van der Waals surface area (Å²) < 4.78 is 37.0. The minimum Gasteiger partial charge on any atom is -0.495 e. The second-order valence-corrected chi connectivity index (χ2v) is 8.46. The predicted molar refractivity (Wildman–Crippen MR) is 115 cm³/mol. The highest BCUT2D eigenvalue weighted by atomic mass is 32.2. The third kappa shape index (κ3) is 5.63. The fourth-order valence-electron chi connectivity index (χ4n) is 3.05. The van der Waals surface area contributed by atoms with Crippen LogP contribution < -0.4 is 19.1 Å². The van der Waals surface area contributed by atoms with Gasteiger partial charge < -0.3 is 14.8 Å². The molecule has 0 saturated heterocycles. The van der Waals surface area contributed by atoms with Gasteiger partial charge in [-0.15, -0.1) is 0 Å². The largest absolute Gasteiger partial charge is 0.495 e. The predicted octanol–water partition coefficient (Wildman–Crippen LogP) is 3.59. The van der Waals surface area contributed by atoms with Gasteiger partial charge in [0.1, 0.15) is 17.5 Å². The van der Waals surface area contributed by atoms with Crippen LogP contribution in [0.4, 0.5) is 11.4 Å². The van der Waals surface area contributed by atoms with Crippen LogP contribution in [-0.2, 0) is 14.8 Å². The number of sulfonamides is 1. The number of nitrogens with zero attached hydrogens (tertiary/aromatic N) is 1. The second-order valence-electron chi connectivity index (χ2n) is 6.60. The highest BCUT2D eigenvalue weighted by Crippen LogP contribution is 2.28. The van der Waals surface area contributed by atoms with E-state index in [4.69, 9.17) is 9.47 Å². The fraction of sp³-hybridized carbons (Fsp3) is 0.381. The van der Waals surface area contributed by atoms with Crippen molar-refractivity contribution in [3.05, 3.63) is 48.0 Å². The van der Waals surface area contributed by atoms with Crippen LogP contribution in [0, 0.1) is 6.92 Å². The lowest BCUT2D eigenvalue weighted by Crippen LogP contribution is -2.47. The van der Waals surface area contributed by atoms with Gasteiger partial charge in [-0.3, -0.25) is 9.10 Å². The number of amides is 1. The van der Waals surface area contributed by atoms with Crippen LogP contribution in [0.2, 0.25) is 0 Å². The maximum atomic E-state index is 13.1. The van der Waals surface area contributed by atoms with E-state index in [0.29, 0.717) is 35.9 Å². The zero-order chi connectivity index (χ0) is 21.6. The molecule has 1 atom stereocenters. The molecule has 0 fully saturated rings. The molecule has 0 radical (unpaired) electrons. The normalized spacial score (nSPS) is 12.2. The van der Waals surface area contributed by atoms with Crippen LogP contribution in [0.3, 0.4) is 0 Å². The first-order valence-corrected chi connectivity index (χ1v) is 11.2. The monoisotopic (exact) mass is 420 g/mol. The molecule has 2 aromatic rings. The van der Waals surface area contributed by atoms with Gasteiger partial charge in [0.15, 0.2) is 0 Å². The van der Waals surface area contributed by atoms with Gasteiger partial charge in [0.25, 0.3) is 0 Å². The van der Waals surface area contributed by atoms with Crippen molar-refractivity contribution in [2.45, 2.75) is 33.2 Å². The summed E-state index contributed by atoms with van der Waals surface area (Å²) in [6, 6.07) is 11.1. The van der Waals surface area contributed by atoms with Gasteiger partial charge in [0.2, 0.25) is 15.9 Å². The Bertz CT molecular complexity index is 942. The first-order valence-electron chi connectivity index (χ1n) is 9.39. The Morgan fingerprint density at radius 3 is 2.31 bits per heavy atom. The molecule has 7 nitrogen and oxygen atoms in total. The van der Waals surface area contributed by atoms with Crippen LogP contribution >= 0.6 is 0 Å². The molecule has 1 amide bonds. The average Bonchev–Trinajstić information content (AvgIpc) is 2.66. The Balaban J connectivity index is 2.38. The SMILES string of the molecule is CCOc1ccc(N([C@H](CC)C(=O)Nc2cc(C)ccc2OC)S(C)(=O)=O)cc1. The van der Waals surface area contributed by atoms with Gasteiger partial charge >= 0.3 is 0 Å². The zero-order valence-corrected chi connectivity index (χ0v) is 18.2. The van der Waals surface area contributed by atoms with Crippen LogP contribution in [0.1, 0.15) is 25.8 Å². The maximum absolute atomic E-state index is 13.1. The van der Waals surface area contributed by atoms with Crippen molar-refractivity contribution >= 4 is 27.3 Å². The molecule has 29 heavy (non-hydrogen) atoms. The average molecular weight is 421 g/mol. The molecule has 0 heterocycles. The number of hydrogen-bond donors (Lipinski definition) is 1. The minimum absolute atomic E-state index is 0.292. The highest BCUT2D eigenvalue weighted by molar-refractivity contribution is 7.92. The Morgan fingerprint density at radius 1 is 1.14 bits per heavy atom. The molecule has 0 bridgehead atoms. The molecule has 8 heteroatoms. The third-order valence-electron chi connectivity index (χ3n) is 4.34. The van der Waals surface area contributed by atoms with Crippen LogP contribution in [0.5, 0.6) is 11.5 Å². The Kier molecular flexibility index (Phi) is 7.50. The van der Waals surface area contributed by atoms with Crippen LogP contribution in [0.15, 0.2) is 42.5 Å². The van der Waals surface area contributed by atoms with E-state index in [1.54, 1.807) is 43.3 Å². The Labute approximate surface area is 172 Å². The first kappa shape index (κ1) is 22.5. The standard InChI is InChI=1S/C21H28N2O5S/c1-6-19(21(24)22-18-14-15(3)8-13-20(18)27-4)23(29(5,25)26)16-9-11-17(12-10-16)28-7-2/h8-14,19H,6-7H2,1-5H3,(H,22,24)/t19-/m1/s1. The van der Waals surface area contributed by atoms with Gasteiger partial charge in [-0.2, -0.15) is 0 Å². The summed E-state index contributed by atoms with van der Waals surface area (Å²) in [7, 11) is -2.20. The van der Waals surface area contributed by atoms with E-state index in [1.165, 1.54) is 7.11 Å². The van der Waals surface area contributed by atoms with Crippen molar-refractivity contribution in [3.63, 3.8) is 0 Å². The number of rotatable bonds is 9. The smallest absolute Gasteiger partial charge is 0.248 e. The molecule has 0 aliphatic heterocycles. The summed E-state index contributed by atoms with van der Waals surface area (Å²) in [5.41, 5.74) is 1.84. The van der Waals surface area contributed by atoms with Gasteiger partial charge in [-0.25, -0.2) is 8.42 Å². The number of carbonyl (C=O) groups excluding carboxylic acids is 1. The molecule has 0 aliphatic rings. The number of anilines is 2. The van der Waals surface area contributed by atoms with E-state index in [2.05, 4.69) is 5.32 Å². The molecular weight excluding hydrogens is 392 g/mol. The van der Waals surface area contributed by atoms with Crippen molar-refractivity contribution < 1.29 is 22.7 Å². The second kappa shape index (κ2) is 9.65. The molecule has 2 aromatic carbocycles. The molecule has 0 saturated carbocycles. The number of nitrogens with one attached hydrogen (secondary N) is 1. The van der Waals surface area contributed by atoms with Crippen molar-refractivity contribution in [1.82, 2.24) is 0 Å². The summed E-state index contributed by atoms with van der Waals surface area (Å²) in [6.45, 7) is 6.04.